The molecule has 0 aromatic heterocycles. The van der Waals surface area contributed by atoms with E-state index in [0.717, 1.165) is 20.1 Å². The molecule has 2 aromatic rings. The Morgan fingerprint density at radius 1 is 1.06 bits per heavy atom. The zero-order chi connectivity index (χ0) is 13.1. The van der Waals surface area contributed by atoms with Crippen molar-refractivity contribution < 1.29 is 4.39 Å². The topological polar surface area (TPSA) is 26.0 Å². The molecule has 0 spiro atoms. The van der Waals surface area contributed by atoms with Crippen LogP contribution in [0.5, 0.6) is 0 Å². The fourth-order valence-corrected chi connectivity index (χ4v) is 2.77. The molecule has 0 aliphatic carbocycles. The first-order valence-electron chi connectivity index (χ1n) is 5.50. The molecule has 2 rings (SSSR count). The molecule has 1 atom stereocenters. The average molecular weight is 373 g/mol. The number of hydrogen-bond donors (Lipinski definition) is 1. The molecule has 0 radical (unpaired) electrons. The monoisotopic (exact) mass is 371 g/mol. The highest BCUT2D eigenvalue weighted by Gasteiger charge is 2.09. The predicted molar refractivity (Wildman–Crippen MR) is 78.9 cm³/mol. The molecule has 94 valence electrons. The first-order valence-corrected chi connectivity index (χ1v) is 7.09. The van der Waals surface area contributed by atoms with Crippen LogP contribution in [0.15, 0.2) is 51.4 Å². The van der Waals surface area contributed by atoms with Crippen molar-refractivity contribution in [2.75, 3.05) is 0 Å². The minimum absolute atomic E-state index is 0.142. The van der Waals surface area contributed by atoms with E-state index in [9.17, 15) is 4.39 Å². The third kappa shape index (κ3) is 3.64. The molecule has 2 N–H and O–H groups in total. The number of halogens is 3. The Labute approximate surface area is 122 Å². The van der Waals surface area contributed by atoms with Crippen molar-refractivity contribution in [1.82, 2.24) is 0 Å². The van der Waals surface area contributed by atoms with Crippen LogP contribution in [-0.2, 0) is 6.42 Å². The molecule has 1 nitrogen and oxygen atoms in total. The van der Waals surface area contributed by atoms with Gasteiger partial charge >= 0.3 is 0 Å². The molecule has 4 heteroatoms. The highest BCUT2D eigenvalue weighted by atomic mass is 79.9. The standard InChI is InChI=1S/C14H12Br2FN/c15-11-3-1-2-10(7-11)14(18)6-9-4-12(16)8-13(17)5-9/h1-5,7-8,14H,6,18H2. The summed E-state index contributed by atoms with van der Waals surface area (Å²) in [6, 6.07) is 12.6. The second-order valence-electron chi connectivity index (χ2n) is 4.14. The van der Waals surface area contributed by atoms with Gasteiger partial charge in [0.25, 0.3) is 0 Å². The molecule has 18 heavy (non-hydrogen) atoms. The first kappa shape index (κ1) is 13.7. The van der Waals surface area contributed by atoms with Crippen LogP contribution in [0, 0.1) is 5.82 Å². The molecule has 0 aliphatic rings. The molecule has 1 unspecified atom stereocenters. The van der Waals surface area contributed by atoms with Crippen LogP contribution < -0.4 is 5.73 Å². The fraction of sp³-hybridized carbons (Fsp3) is 0.143. The van der Waals surface area contributed by atoms with Gasteiger partial charge in [-0.3, -0.25) is 0 Å². The van der Waals surface area contributed by atoms with Crippen molar-refractivity contribution in [3.8, 4) is 0 Å². The normalized spacial score (nSPS) is 12.4. The van der Waals surface area contributed by atoms with Gasteiger partial charge < -0.3 is 5.73 Å². The van der Waals surface area contributed by atoms with Crippen LogP contribution in [0.25, 0.3) is 0 Å². The maximum absolute atomic E-state index is 13.3. The van der Waals surface area contributed by atoms with Gasteiger partial charge in [-0.2, -0.15) is 0 Å². The quantitative estimate of drug-likeness (QED) is 0.837. The van der Waals surface area contributed by atoms with Crippen LogP contribution >= 0.6 is 31.9 Å². The summed E-state index contributed by atoms with van der Waals surface area (Å²) in [5, 5.41) is 0. The molecule has 2 aromatic carbocycles. The lowest BCUT2D eigenvalue weighted by molar-refractivity contribution is 0.621. The van der Waals surface area contributed by atoms with E-state index in [2.05, 4.69) is 31.9 Å². The molecule has 0 amide bonds. The summed E-state index contributed by atoms with van der Waals surface area (Å²) in [5.41, 5.74) is 8.05. The van der Waals surface area contributed by atoms with E-state index in [1.807, 2.05) is 30.3 Å². The van der Waals surface area contributed by atoms with Crippen LogP contribution in [0.3, 0.4) is 0 Å². The Hall–Kier alpha value is -0.710. The van der Waals surface area contributed by atoms with Gasteiger partial charge in [0.2, 0.25) is 0 Å². The lowest BCUT2D eigenvalue weighted by atomic mass is 10.00. The smallest absolute Gasteiger partial charge is 0.124 e. The summed E-state index contributed by atoms with van der Waals surface area (Å²) in [4.78, 5) is 0. The number of nitrogens with two attached hydrogens (primary N) is 1. The number of benzene rings is 2. The molecular weight excluding hydrogens is 361 g/mol. The zero-order valence-electron chi connectivity index (χ0n) is 9.54. The van der Waals surface area contributed by atoms with E-state index >= 15 is 0 Å². The van der Waals surface area contributed by atoms with E-state index in [1.54, 1.807) is 0 Å². The van der Waals surface area contributed by atoms with Gasteiger partial charge in [0, 0.05) is 15.0 Å². The van der Waals surface area contributed by atoms with E-state index in [4.69, 9.17) is 5.73 Å². The summed E-state index contributed by atoms with van der Waals surface area (Å²) in [5.74, 6) is -0.249. The lowest BCUT2D eigenvalue weighted by Gasteiger charge is -2.13. The average Bonchev–Trinajstić information content (AvgIpc) is 2.27. The van der Waals surface area contributed by atoms with Gasteiger partial charge in [0.1, 0.15) is 5.82 Å². The Kier molecular flexibility index (Phi) is 4.54. The Bertz CT molecular complexity index is 537. The van der Waals surface area contributed by atoms with E-state index in [0.29, 0.717) is 6.42 Å². The van der Waals surface area contributed by atoms with Crippen molar-refractivity contribution >= 4 is 31.9 Å². The Balaban J connectivity index is 2.18. The summed E-state index contributed by atoms with van der Waals surface area (Å²) < 4.78 is 15.0. The molecule has 0 aliphatic heterocycles. The summed E-state index contributed by atoms with van der Waals surface area (Å²) in [6.07, 6.45) is 0.604. The summed E-state index contributed by atoms with van der Waals surface area (Å²) in [6.45, 7) is 0. The van der Waals surface area contributed by atoms with Crippen LogP contribution in [0.2, 0.25) is 0 Å². The fourth-order valence-electron chi connectivity index (χ4n) is 1.84. The number of rotatable bonds is 3. The van der Waals surface area contributed by atoms with Gasteiger partial charge in [0.05, 0.1) is 0 Å². The molecule has 0 saturated carbocycles. The minimum Gasteiger partial charge on any atom is -0.324 e. The van der Waals surface area contributed by atoms with Gasteiger partial charge in [0.15, 0.2) is 0 Å². The molecule has 0 heterocycles. The molecule has 0 bridgehead atoms. The highest BCUT2D eigenvalue weighted by Crippen LogP contribution is 2.22. The van der Waals surface area contributed by atoms with Crippen molar-refractivity contribution in [3.63, 3.8) is 0 Å². The van der Waals surface area contributed by atoms with Gasteiger partial charge in [-0.25, -0.2) is 4.39 Å². The van der Waals surface area contributed by atoms with Crippen LogP contribution in [0.1, 0.15) is 17.2 Å². The Morgan fingerprint density at radius 3 is 2.50 bits per heavy atom. The lowest BCUT2D eigenvalue weighted by Crippen LogP contribution is -2.13. The molecule has 0 saturated heterocycles. The Morgan fingerprint density at radius 2 is 1.83 bits per heavy atom. The van der Waals surface area contributed by atoms with Crippen molar-refractivity contribution in [2.24, 2.45) is 5.73 Å². The minimum atomic E-state index is -0.249. The molecular formula is C14H12Br2FN. The van der Waals surface area contributed by atoms with Crippen LogP contribution in [-0.4, -0.2) is 0 Å². The van der Waals surface area contributed by atoms with Crippen molar-refractivity contribution in [3.05, 3.63) is 68.4 Å². The zero-order valence-corrected chi connectivity index (χ0v) is 12.7. The van der Waals surface area contributed by atoms with Gasteiger partial charge in [-0.1, -0.05) is 44.0 Å². The summed E-state index contributed by atoms with van der Waals surface area (Å²) in [7, 11) is 0. The number of hydrogen-bond acceptors (Lipinski definition) is 1. The third-order valence-corrected chi connectivity index (χ3v) is 3.61. The molecule has 0 fully saturated rings. The predicted octanol–water partition coefficient (Wildman–Crippen LogP) is 4.59. The third-order valence-electron chi connectivity index (χ3n) is 2.65. The van der Waals surface area contributed by atoms with E-state index < -0.39 is 0 Å². The first-order chi connectivity index (χ1) is 8.54. The largest absolute Gasteiger partial charge is 0.324 e. The van der Waals surface area contributed by atoms with Gasteiger partial charge in [-0.15, -0.1) is 0 Å². The second-order valence-corrected chi connectivity index (χ2v) is 5.97. The van der Waals surface area contributed by atoms with E-state index in [-0.39, 0.29) is 11.9 Å². The van der Waals surface area contributed by atoms with Crippen molar-refractivity contribution in [1.29, 1.82) is 0 Å². The highest BCUT2D eigenvalue weighted by molar-refractivity contribution is 9.10. The summed E-state index contributed by atoms with van der Waals surface area (Å²) >= 11 is 6.70. The van der Waals surface area contributed by atoms with E-state index in [1.165, 1.54) is 12.1 Å². The maximum atomic E-state index is 13.3. The SMILES string of the molecule is NC(Cc1cc(F)cc(Br)c1)c1cccc(Br)c1. The maximum Gasteiger partial charge on any atom is 0.124 e. The van der Waals surface area contributed by atoms with Crippen LogP contribution in [0.4, 0.5) is 4.39 Å². The second kappa shape index (κ2) is 5.95. The van der Waals surface area contributed by atoms with Crippen molar-refractivity contribution in [2.45, 2.75) is 12.5 Å². The van der Waals surface area contributed by atoms with Gasteiger partial charge in [-0.05, 0) is 47.9 Å².